The lowest BCUT2D eigenvalue weighted by atomic mass is 9.95. The molecule has 0 saturated carbocycles. The van der Waals surface area contributed by atoms with Crippen LogP contribution in [0, 0.1) is 18.7 Å². The molecule has 1 aliphatic rings. The number of hydrogen-bond acceptors (Lipinski definition) is 4. The Hall–Kier alpha value is -3.26. The van der Waals surface area contributed by atoms with E-state index in [0.717, 1.165) is 0 Å². The summed E-state index contributed by atoms with van der Waals surface area (Å²) in [6, 6.07) is 9.26. The number of pyridine rings is 1. The number of piperidine rings is 1. The van der Waals surface area contributed by atoms with E-state index in [9.17, 15) is 14.0 Å². The van der Waals surface area contributed by atoms with Gasteiger partial charge >= 0.3 is 0 Å². The van der Waals surface area contributed by atoms with E-state index < -0.39 is 0 Å². The lowest BCUT2D eigenvalue weighted by Crippen LogP contribution is -2.41. The number of benzene rings is 1. The van der Waals surface area contributed by atoms with Crippen molar-refractivity contribution in [2.75, 3.05) is 18.4 Å². The molecule has 2 amide bonds. The molecule has 1 saturated heterocycles. The molecule has 2 aromatic heterocycles. The molecular formula is C22H21ClFN5O2. The van der Waals surface area contributed by atoms with Crippen molar-refractivity contribution < 1.29 is 14.0 Å². The zero-order valence-electron chi connectivity index (χ0n) is 16.9. The Labute approximate surface area is 183 Å². The number of nitrogens with zero attached hydrogens (tertiary/aromatic N) is 4. The summed E-state index contributed by atoms with van der Waals surface area (Å²) in [5.74, 6) is -0.295. The maximum atomic E-state index is 13.2. The number of nitrogens with one attached hydrogen (secondary N) is 1. The predicted molar refractivity (Wildman–Crippen MR) is 115 cm³/mol. The SMILES string of the molecule is Cc1c(C(=O)N2CCC(C(=O)Nc3ccc(Cl)cn3)CC2)cnn1-c1ccc(F)cc1. The molecule has 160 valence electrons. The molecule has 0 radical (unpaired) electrons. The maximum absolute atomic E-state index is 13.2. The van der Waals surface area contributed by atoms with Crippen molar-refractivity contribution in [1.82, 2.24) is 19.7 Å². The van der Waals surface area contributed by atoms with Gasteiger partial charge in [0.1, 0.15) is 11.6 Å². The molecule has 9 heteroatoms. The van der Waals surface area contributed by atoms with Gasteiger partial charge in [-0.15, -0.1) is 0 Å². The second-order valence-electron chi connectivity index (χ2n) is 7.45. The highest BCUT2D eigenvalue weighted by atomic mass is 35.5. The third kappa shape index (κ3) is 4.59. The van der Waals surface area contributed by atoms with Crippen LogP contribution in [-0.2, 0) is 4.79 Å². The number of aromatic nitrogens is 3. The van der Waals surface area contributed by atoms with Crippen molar-refractivity contribution >= 4 is 29.2 Å². The maximum Gasteiger partial charge on any atom is 0.257 e. The first-order valence-corrected chi connectivity index (χ1v) is 10.3. The number of hydrogen-bond donors (Lipinski definition) is 1. The summed E-state index contributed by atoms with van der Waals surface area (Å²) in [5.41, 5.74) is 1.87. The van der Waals surface area contributed by atoms with Crippen LogP contribution in [-0.4, -0.2) is 44.6 Å². The standard InChI is InChI=1S/C22H21ClFN5O2/c1-14-19(13-26-29(14)18-5-3-17(24)4-6-18)22(31)28-10-8-15(9-11-28)21(30)27-20-7-2-16(23)12-25-20/h2-7,12-13,15H,8-11H2,1H3,(H,25,27,30). The first-order valence-electron chi connectivity index (χ1n) is 9.94. The number of anilines is 1. The Morgan fingerprint density at radius 1 is 1.10 bits per heavy atom. The Morgan fingerprint density at radius 2 is 1.81 bits per heavy atom. The van der Waals surface area contributed by atoms with Gasteiger partial charge in [0.15, 0.2) is 0 Å². The fraction of sp³-hybridized carbons (Fsp3) is 0.273. The third-order valence-electron chi connectivity index (χ3n) is 5.44. The molecule has 0 bridgehead atoms. The third-order valence-corrected chi connectivity index (χ3v) is 5.67. The monoisotopic (exact) mass is 441 g/mol. The second-order valence-corrected chi connectivity index (χ2v) is 7.89. The molecule has 0 aliphatic carbocycles. The minimum Gasteiger partial charge on any atom is -0.338 e. The van der Waals surface area contributed by atoms with Gasteiger partial charge in [-0.1, -0.05) is 11.6 Å². The van der Waals surface area contributed by atoms with Crippen LogP contribution in [0.5, 0.6) is 0 Å². The smallest absolute Gasteiger partial charge is 0.257 e. The second kappa shape index (κ2) is 8.85. The van der Waals surface area contributed by atoms with Crippen molar-refractivity contribution in [2.24, 2.45) is 5.92 Å². The number of amides is 2. The summed E-state index contributed by atoms with van der Waals surface area (Å²) in [7, 11) is 0. The molecule has 3 aromatic rings. The lowest BCUT2D eigenvalue weighted by molar-refractivity contribution is -0.121. The fourth-order valence-corrected chi connectivity index (χ4v) is 3.77. The van der Waals surface area contributed by atoms with Gasteiger partial charge in [-0.2, -0.15) is 5.10 Å². The van der Waals surface area contributed by atoms with Crippen LogP contribution in [0.4, 0.5) is 10.2 Å². The summed E-state index contributed by atoms with van der Waals surface area (Å²) in [6.45, 7) is 2.77. The molecule has 1 aliphatic heterocycles. The number of carbonyl (C=O) groups excluding carboxylic acids is 2. The average Bonchev–Trinajstić information content (AvgIpc) is 3.16. The van der Waals surface area contributed by atoms with Crippen molar-refractivity contribution in [3.63, 3.8) is 0 Å². The van der Waals surface area contributed by atoms with Gasteiger partial charge < -0.3 is 10.2 Å². The van der Waals surface area contributed by atoms with E-state index in [0.29, 0.717) is 53.7 Å². The summed E-state index contributed by atoms with van der Waals surface area (Å²) >= 11 is 5.81. The predicted octanol–water partition coefficient (Wildman–Crippen LogP) is 3.86. The van der Waals surface area contributed by atoms with E-state index in [1.807, 2.05) is 6.92 Å². The normalized spacial score (nSPS) is 14.5. The minimum absolute atomic E-state index is 0.109. The largest absolute Gasteiger partial charge is 0.338 e. The number of carbonyl (C=O) groups is 2. The van der Waals surface area contributed by atoms with Crippen LogP contribution in [0.25, 0.3) is 5.69 Å². The molecule has 0 atom stereocenters. The van der Waals surface area contributed by atoms with Crippen LogP contribution >= 0.6 is 11.6 Å². The Kier molecular flexibility index (Phi) is 5.99. The van der Waals surface area contributed by atoms with Gasteiger partial charge in [0.2, 0.25) is 5.91 Å². The molecule has 0 spiro atoms. The molecule has 3 heterocycles. The van der Waals surface area contributed by atoms with Crippen molar-refractivity contribution in [2.45, 2.75) is 19.8 Å². The van der Waals surface area contributed by atoms with E-state index in [2.05, 4.69) is 15.4 Å². The van der Waals surface area contributed by atoms with Crippen LogP contribution in [0.3, 0.4) is 0 Å². The quantitative estimate of drug-likeness (QED) is 0.666. The number of likely N-dealkylation sites (tertiary alicyclic amines) is 1. The molecule has 7 nitrogen and oxygen atoms in total. The van der Waals surface area contributed by atoms with E-state index in [1.54, 1.807) is 33.8 Å². The number of halogens is 2. The average molecular weight is 442 g/mol. The molecule has 31 heavy (non-hydrogen) atoms. The van der Waals surface area contributed by atoms with Gasteiger partial charge in [0.05, 0.1) is 28.2 Å². The topological polar surface area (TPSA) is 80.1 Å². The molecule has 1 fully saturated rings. The zero-order chi connectivity index (χ0) is 22.0. The number of rotatable bonds is 4. The van der Waals surface area contributed by atoms with Crippen LogP contribution < -0.4 is 5.32 Å². The van der Waals surface area contributed by atoms with Crippen LogP contribution in [0.15, 0.2) is 48.8 Å². The van der Waals surface area contributed by atoms with Gasteiger partial charge in [-0.05, 0) is 56.2 Å². The lowest BCUT2D eigenvalue weighted by Gasteiger charge is -2.31. The van der Waals surface area contributed by atoms with Crippen molar-refractivity contribution in [1.29, 1.82) is 0 Å². The molecule has 1 aromatic carbocycles. The summed E-state index contributed by atoms with van der Waals surface area (Å²) < 4.78 is 14.8. The fourth-order valence-electron chi connectivity index (χ4n) is 3.66. The van der Waals surface area contributed by atoms with E-state index in [1.165, 1.54) is 24.5 Å². The molecule has 0 unspecified atom stereocenters. The van der Waals surface area contributed by atoms with E-state index >= 15 is 0 Å². The Bertz CT molecular complexity index is 1090. The van der Waals surface area contributed by atoms with E-state index in [-0.39, 0.29) is 23.5 Å². The highest BCUT2D eigenvalue weighted by Crippen LogP contribution is 2.23. The van der Waals surface area contributed by atoms with Crippen molar-refractivity contribution in [3.8, 4) is 5.69 Å². The zero-order valence-corrected chi connectivity index (χ0v) is 17.6. The van der Waals surface area contributed by atoms with Gasteiger partial charge in [0.25, 0.3) is 5.91 Å². The van der Waals surface area contributed by atoms with Gasteiger partial charge in [-0.25, -0.2) is 14.1 Å². The van der Waals surface area contributed by atoms with Gasteiger partial charge in [-0.3, -0.25) is 9.59 Å². The summed E-state index contributed by atoms with van der Waals surface area (Å²) in [4.78, 5) is 31.3. The minimum atomic E-state index is -0.330. The molecule has 1 N–H and O–H groups in total. The van der Waals surface area contributed by atoms with Gasteiger partial charge in [0, 0.05) is 25.2 Å². The Morgan fingerprint density at radius 3 is 2.45 bits per heavy atom. The Balaban J connectivity index is 1.37. The molecule has 4 rings (SSSR count). The van der Waals surface area contributed by atoms with Crippen molar-refractivity contribution in [3.05, 3.63) is 70.9 Å². The highest BCUT2D eigenvalue weighted by molar-refractivity contribution is 6.30. The van der Waals surface area contributed by atoms with Crippen LogP contribution in [0.2, 0.25) is 5.02 Å². The summed E-state index contributed by atoms with van der Waals surface area (Å²) in [6.07, 6.45) is 4.14. The first kappa shape index (κ1) is 21.0. The van der Waals surface area contributed by atoms with E-state index in [4.69, 9.17) is 11.6 Å². The highest BCUT2D eigenvalue weighted by Gasteiger charge is 2.29. The molecular weight excluding hydrogens is 421 g/mol. The van der Waals surface area contributed by atoms with Crippen LogP contribution in [0.1, 0.15) is 28.9 Å². The summed E-state index contributed by atoms with van der Waals surface area (Å²) in [5, 5.41) is 7.59. The first-order chi connectivity index (χ1) is 14.9.